The summed E-state index contributed by atoms with van der Waals surface area (Å²) in [5.41, 5.74) is -0.267. The molecule has 0 radical (unpaired) electrons. The first kappa shape index (κ1) is 14.3. The van der Waals surface area contributed by atoms with Crippen LogP contribution in [0.4, 0.5) is 0 Å². The average Bonchev–Trinajstić information content (AvgIpc) is 2.38. The molecule has 2 saturated heterocycles. The normalized spacial score (nSPS) is 31.9. The zero-order valence-electron chi connectivity index (χ0n) is 12.0. The highest BCUT2D eigenvalue weighted by Gasteiger charge is 2.39. The monoisotopic (exact) mass is 267 g/mol. The van der Waals surface area contributed by atoms with Crippen LogP contribution in [-0.2, 0) is 9.59 Å². The first-order valence-corrected chi connectivity index (χ1v) is 7.28. The Labute approximate surface area is 115 Å². The van der Waals surface area contributed by atoms with Gasteiger partial charge in [0.1, 0.15) is 0 Å². The van der Waals surface area contributed by atoms with Crippen LogP contribution in [-0.4, -0.2) is 48.9 Å². The van der Waals surface area contributed by atoms with E-state index in [9.17, 15) is 9.59 Å². The molecular formula is C14H25N3O2. The summed E-state index contributed by atoms with van der Waals surface area (Å²) in [6.45, 7) is 6.86. The Bertz CT molecular complexity index is 351. The lowest BCUT2D eigenvalue weighted by Crippen LogP contribution is -2.55. The van der Waals surface area contributed by atoms with Crippen LogP contribution in [0.5, 0.6) is 0 Å². The van der Waals surface area contributed by atoms with Gasteiger partial charge in [0.2, 0.25) is 11.8 Å². The lowest BCUT2D eigenvalue weighted by atomic mass is 9.81. The third kappa shape index (κ3) is 3.47. The number of amides is 2. The van der Waals surface area contributed by atoms with E-state index in [0.29, 0.717) is 6.54 Å². The zero-order valence-corrected chi connectivity index (χ0v) is 12.0. The Balaban J connectivity index is 1.96. The Kier molecular flexibility index (Phi) is 4.45. The molecule has 2 fully saturated rings. The zero-order chi connectivity index (χ0) is 13.9. The van der Waals surface area contributed by atoms with Crippen molar-refractivity contribution < 1.29 is 9.59 Å². The van der Waals surface area contributed by atoms with Crippen LogP contribution in [0.3, 0.4) is 0 Å². The van der Waals surface area contributed by atoms with Gasteiger partial charge in [-0.05, 0) is 39.2 Å². The molecule has 5 heteroatoms. The molecule has 19 heavy (non-hydrogen) atoms. The largest absolute Gasteiger partial charge is 0.352 e. The van der Waals surface area contributed by atoms with Crippen LogP contribution in [0.1, 0.15) is 39.5 Å². The molecule has 2 atom stereocenters. The second kappa shape index (κ2) is 5.90. The Morgan fingerprint density at radius 2 is 2.16 bits per heavy atom. The van der Waals surface area contributed by atoms with Crippen molar-refractivity contribution in [1.82, 2.24) is 15.5 Å². The molecule has 2 heterocycles. The van der Waals surface area contributed by atoms with Gasteiger partial charge in [-0.2, -0.15) is 0 Å². The summed E-state index contributed by atoms with van der Waals surface area (Å²) in [6, 6.07) is 0.121. The van der Waals surface area contributed by atoms with Gasteiger partial charge in [-0.15, -0.1) is 0 Å². The van der Waals surface area contributed by atoms with E-state index in [1.54, 1.807) is 0 Å². The Hall–Kier alpha value is -1.10. The molecule has 0 aromatic rings. The lowest BCUT2D eigenvalue weighted by molar-refractivity contribution is -0.144. The van der Waals surface area contributed by atoms with Crippen molar-refractivity contribution in [3.63, 3.8) is 0 Å². The number of nitrogens with zero attached hydrogens (tertiary/aromatic N) is 1. The molecule has 0 spiro atoms. The molecule has 108 valence electrons. The fourth-order valence-electron chi connectivity index (χ4n) is 3.19. The van der Waals surface area contributed by atoms with E-state index in [2.05, 4.69) is 17.6 Å². The van der Waals surface area contributed by atoms with E-state index in [1.165, 1.54) is 6.92 Å². The van der Waals surface area contributed by atoms with Crippen LogP contribution in [0.15, 0.2) is 0 Å². The summed E-state index contributed by atoms with van der Waals surface area (Å²) in [7, 11) is 0. The topological polar surface area (TPSA) is 61.4 Å². The van der Waals surface area contributed by atoms with Gasteiger partial charge >= 0.3 is 0 Å². The molecule has 2 amide bonds. The van der Waals surface area contributed by atoms with E-state index in [0.717, 1.165) is 45.3 Å². The van der Waals surface area contributed by atoms with Gasteiger partial charge < -0.3 is 15.5 Å². The molecule has 2 N–H and O–H groups in total. The summed E-state index contributed by atoms with van der Waals surface area (Å²) in [6.07, 6.45) is 3.96. The molecule has 5 nitrogen and oxygen atoms in total. The number of likely N-dealkylation sites (tertiary alicyclic amines) is 1. The van der Waals surface area contributed by atoms with E-state index in [-0.39, 0.29) is 23.3 Å². The molecule has 0 aromatic carbocycles. The van der Waals surface area contributed by atoms with Crippen LogP contribution in [0.2, 0.25) is 0 Å². The molecular weight excluding hydrogens is 242 g/mol. The van der Waals surface area contributed by atoms with Crippen molar-refractivity contribution >= 4 is 11.8 Å². The summed E-state index contributed by atoms with van der Waals surface area (Å²) < 4.78 is 0. The number of carbonyl (C=O) groups excluding carboxylic acids is 2. The van der Waals surface area contributed by atoms with E-state index in [1.807, 2.05) is 4.90 Å². The number of piperidine rings is 2. The van der Waals surface area contributed by atoms with E-state index >= 15 is 0 Å². The molecule has 2 aliphatic rings. The lowest BCUT2D eigenvalue weighted by Gasteiger charge is -2.41. The average molecular weight is 267 g/mol. The number of hydrogen-bond donors (Lipinski definition) is 2. The minimum Gasteiger partial charge on any atom is -0.352 e. The Morgan fingerprint density at radius 3 is 2.79 bits per heavy atom. The second-order valence-electron chi connectivity index (χ2n) is 6.13. The highest BCUT2D eigenvalue weighted by atomic mass is 16.2. The third-order valence-electron chi connectivity index (χ3n) is 4.23. The van der Waals surface area contributed by atoms with Crippen molar-refractivity contribution in [2.45, 2.75) is 45.6 Å². The predicted octanol–water partition coefficient (Wildman–Crippen LogP) is 0.503. The van der Waals surface area contributed by atoms with Gasteiger partial charge in [0.25, 0.3) is 0 Å². The van der Waals surface area contributed by atoms with Gasteiger partial charge in [-0.25, -0.2) is 0 Å². The maximum absolute atomic E-state index is 12.7. The third-order valence-corrected chi connectivity index (χ3v) is 4.23. The minimum absolute atomic E-state index is 0.00940. The first-order chi connectivity index (χ1) is 9.01. The summed E-state index contributed by atoms with van der Waals surface area (Å²) in [5, 5.41) is 6.26. The van der Waals surface area contributed by atoms with Crippen molar-refractivity contribution in [3.8, 4) is 0 Å². The smallest absolute Gasteiger partial charge is 0.229 e. The van der Waals surface area contributed by atoms with Crippen LogP contribution < -0.4 is 10.6 Å². The van der Waals surface area contributed by atoms with Crippen molar-refractivity contribution in [2.75, 3.05) is 26.2 Å². The SMILES string of the molecule is CC(=O)NC1CCCN(C(=O)C2(C)CCCNC2)C1. The fraction of sp³-hybridized carbons (Fsp3) is 0.857. The predicted molar refractivity (Wildman–Crippen MR) is 73.6 cm³/mol. The molecule has 0 aromatic heterocycles. The van der Waals surface area contributed by atoms with Crippen molar-refractivity contribution in [1.29, 1.82) is 0 Å². The van der Waals surface area contributed by atoms with Crippen LogP contribution >= 0.6 is 0 Å². The quantitative estimate of drug-likeness (QED) is 0.766. The molecule has 2 unspecified atom stereocenters. The summed E-state index contributed by atoms with van der Waals surface area (Å²) in [5.74, 6) is 0.236. The maximum atomic E-state index is 12.7. The highest BCUT2D eigenvalue weighted by molar-refractivity contribution is 5.83. The number of rotatable bonds is 2. The van der Waals surface area contributed by atoms with Gasteiger partial charge in [0.05, 0.1) is 5.41 Å². The molecule has 0 aliphatic carbocycles. The van der Waals surface area contributed by atoms with E-state index < -0.39 is 0 Å². The molecule has 2 aliphatic heterocycles. The molecule has 0 bridgehead atoms. The molecule has 0 saturated carbocycles. The number of nitrogens with one attached hydrogen (secondary N) is 2. The van der Waals surface area contributed by atoms with Gasteiger partial charge in [0.15, 0.2) is 0 Å². The van der Waals surface area contributed by atoms with Crippen molar-refractivity contribution in [2.24, 2.45) is 5.41 Å². The maximum Gasteiger partial charge on any atom is 0.229 e. The van der Waals surface area contributed by atoms with Gasteiger partial charge in [-0.1, -0.05) is 0 Å². The highest BCUT2D eigenvalue weighted by Crippen LogP contribution is 2.29. The van der Waals surface area contributed by atoms with Crippen LogP contribution in [0.25, 0.3) is 0 Å². The van der Waals surface area contributed by atoms with Gasteiger partial charge in [0, 0.05) is 32.6 Å². The number of carbonyl (C=O) groups is 2. The fourth-order valence-corrected chi connectivity index (χ4v) is 3.19. The summed E-state index contributed by atoms with van der Waals surface area (Å²) in [4.78, 5) is 25.7. The first-order valence-electron chi connectivity index (χ1n) is 7.28. The second-order valence-corrected chi connectivity index (χ2v) is 6.13. The van der Waals surface area contributed by atoms with Crippen LogP contribution in [0, 0.1) is 5.41 Å². The Morgan fingerprint density at radius 1 is 1.37 bits per heavy atom. The van der Waals surface area contributed by atoms with Gasteiger partial charge in [-0.3, -0.25) is 9.59 Å². The standard InChI is InChI=1S/C14H25N3O2/c1-11(18)16-12-5-3-8-17(9-12)13(19)14(2)6-4-7-15-10-14/h12,15H,3-10H2,1-2H3,(H,16,18). The number of hydrogen-bond acceptors (Lipinski definition) is 3. The molecule has 2 rings (SSSR count). The minimum atomic E-state index is -0.267. The summed E-state index contributed by atoms with van der Waals surface area (Å²) >= 11 is 0. The van der Waals surface area contributed by atoms with Crippen molar-refractivity contribution in [3.05, 3.63) is 0 Å². The van der Waals surface area contributed by atoms with E-state index in [4.69, 9.17) is 0 Å².